The molecule has 1 unspecified atom stereocenters. The molecule has 0 saturated heterocycles. The summed E-state index contributed by atoms with van der Waals surface area (Å²) in [5.41, 5.74) is 7.36. The van der Waals surface area contributed by atoms with Crippen LogP contribution in [-0.4, -0.2) is 18.6 Å². The topological polar surface area (TPSA) is 64.4 Å². The molecule has 1 aromatic carbocycles. The third-order valence-electron chi connectivity index (χ3n) is 2.79. The highest BCUT2D eigenvalue weighted by Crippen LogP contribution is 2.30. The Balaban J connectivity index is 1.99. The van der Waals surface area contributed by atoms with Crippen LogP contribution in [0.25, 0.3) is 0 Å². The summed E-state index contributed by atoms with van der Waals surface area (Å²) in [6, 6.07) is 5.77. The lowest BCUT2D eigenvalue weighted by atomic mass is 10.1. The molecule has 0 bridgehead atoms. The number of fused-ring (bicyclic) bond motifs is 1. The summed E-state index contributed by atoms with van der Waals surface area (Å²) in [7, 11) is 0. The quantitative estimate of drug-likeness (QED) is 0.833. The smallest absolute Gasteiger partial charge is 0.224 e. The van der Waals surface area contributed by atoms with Crippen LogP contribution in [0.1, 0.15) is 25.3 Å². The number of carbonyl (C=O) groups excluding carboxylic acids is 1. The summed E-state index contributed by atoms with van der Waals surface area (Å²) in [6.45, 7) is 2.59. The number of hydrogen-bond donors (Lipinski definition) is 2. The minimum atomic E-state index is 0.0161. The number of benzene rings is 1. The minimum Gasteiger partial charge on any atom is -0.490 e. The summed E-state index contributed by atoms with van der Waals surface area (Å²) < 4.78 is 5.60. The second-order valence-electron chi connectivity index (χ2n) is 4.40. The second-order valence-corrected chi connectivity index (χ2v) is 4.40. The third-order valence-corrected chi connectivity index (χ3v) is 2.79. The fraction of sp³-hybridized carbons (Fsp3) is 0.462. The van der Waals surface area contributed by atoms with Crippen LogP contribution in [0.4, 0.5) is 5.69 Å². The van der Waals surface area contributed by atoms with E-state index in [1.54, 1.807) is 0 Å². The standard InChI is InChI=1S/C13H18N2O2/c1-9-7-10-8-11(4-5-12(10)17-9)15-13(16)3-2-6-14/h4-5,8-9H,2-3,6-7,14H2,1H3,(H,15,16). The van der Waals surface area contributed by atoms with E-state index in [1.165, 1.54) is 0 Å². The van der Waals surface area contributed by atoms with Gasteiger partial charge in [0.05, 0.1) is 0 Å². The van der Waals surface area contributed by atoms with Gasteiger partial charge in [-0.25, -0.2) is 0 Å². The Kier molecular flexibility index (Phi) is 3.64. The number of rotatable bonds is 4. The van der Waals surface area contributed by atoms with E-state index in [2.05, 4.69) is 5.32 Å². The molecule has 0 aliphatic carbocycles. The molecular weight excluding hydrogens is 216 g/mol. The summed E-state index contributed by atoms with van der Waals surface area (Å²) in [5.74, 6) is 0.944. The molecule has 4 nitrogen and oxygen atoms in total. The van der Waals surface area contributed by atoms with Crippen molar-refractivity contribution in [2.24, 2.45) is 5.73 Å². The Labute approximate surface area is 101 Å². The van der Waals surface area contributed by atoms with Crippen molar-refractivity contribution >= 4 is 11.6 Å². The number of ether oxygens (including phenoxy) is 1. The third kappa shape index (κ3) is 2.97. The first-order valence-corrected chi connectivity index (χ1v) is 5.98. The average molecular weight is 234 g/mol. The number of anilines is 1. The van der Waals surface area contributed by atoms with Crippen LogP contribution < -0.4 is 15.8 Å². The normalized spacial score (nSPS) is 17.4. The van der Waals surface area contributed by atoms with Crippen molar-refractivity contribution in [3.05, 3.63) is 23.8 Å². The van der Waals surface area contributed by atoms with Gasteiger partial charge < -0.3 is 15.8 Å². The molecule has 1 heterocycles. The van der Waals surface area contributed by atoms with E-state index >= 15 is 0 Å². The fourth-order valence-corrected chi connectivity index (χ4v) is 1.99. The molecule has 1 aromatic rings. The molecule has 0 radical (unpaired) electrons. The molecule has 4 heteroatoms. The van der Waals surface area contributed by atoms with Gasteiger partial charge in [0, 0.05) is 18.5 Å². The molecule has 2 rings (SSSR count). The van der Waals surface area contributed by atoms with Crippen LogP contribution in [0.3, 0.4) is 0 Å². The summed E-state index contributed by atoms with van der Waals surface area (Å²) in [4.78, 5) is 11.5. The highest BCUT2D eigenvalue weighted by Gasteiger charge is 2.19. The molecule has 0 saturated carbocycles. The van der Waals surface area contributed by atoms with E-state index in [4.69, 9.17) is 10.5 Å². The van der Waals surface area contributed by atoms with E-state index < -0.39 is 0 Å². The Morgan fingerprint density at radius 2 is 2.41 bits per heavy atom. The largest absolute Gasteiger partial charge is 0.490 e. The number of carbonyl (C=O) groups is 1. The number of amides is 1. The zero-order valence-corrected chi connectivity index (χ0v) is 10.0. The van der Waals surface area contributed by atoms with Gasteiger partial charge in [-0.3, -0.25) is 4.79 Å². The van der Waals surface area contributed by atoms with Gasteiger partial charge in [0.25, 0.3) is 0 Å². The molecule has 17 heavy (non-hydrogen) atoms. The first kappa shape index (κ1) is 11.9. The van der Waals surface area contributed by atoms with Crippen molar-refractivity contribution in [2.75, 3.05) is 11.9 Å². The highest BCUT2D eigenvalue weighted by molar-refractivity contribution is 5.90. The maximum atomic E-state index is 11.5. The van der Waals surface area contributed by atoms with Gasteiger partial charge in [-0.2, -0.15) is 0 Å². The molecule has 1 aliphatic rings. The predicted molar refractivity (Wildman–Crippen MR) is 67.2 cm³/mol. The Hall–Kier alpha value is -1.55. The van der Waals surface area contributed by atoms with Gasteiger partial charge in [-0.05, 0) is 43.7 Å². The minimum absolute atomic E-state index is 0.0161. The lowest BCUT2D eigenvalue weighted by molar-refractivity contribution is -0.116. The van der Waals surface area contributed by atoms with Gasteiger partial charge in [0.15, 0.2) is 0 Å². The molecule has 1 amide bonds. The first-order chi connectivity index (χ1) is 8.19. The van der Waals surface area contributed by atoms with Gasteiger partial charge >= 0.3 is 0 Å². The monoisotopic (exact) mass is 234 g/mol. The van der Waals surface area contributed by atoms with Crippen LogP contribution in [0.5, 0.6) is 5.75 Å². The van der Waals surface area contributed by atoms with Crippen LogP contribution >= 0.6 is 0 Å². The summed E-state index contributed by atoms with van der Waals surface area (Å²) >= 11 is 0. The van der Waals surface area contributed by atoms with Gasteiger partial charge in [-0.15, -0.1) is 0 Å². The predicted octanol–water partition coefficient (Wildman–Crippen LogP) is 1.69. The van der Waals surface area contributed by atoms with Crippen molar-refractivity contribution in [1.29, 1.82) is 0 Å². The van der Waals surface area contributed by atoms with Crippen LogP contribution in [0, 0.1) is 0 Å². The zero-order valence-electron chi connectivity index (χ0n) is 10.0. The van der Waals surface area contributed by atoms with E-state index in [1.807, 2.05) is 25.1 Å². The molecule has 1 aliphatic heterocycles. The SMILES string of the molecule is CC1Cc2cc(NC(=O)CCCN)ccc2O1. The van der Waals surface area contributed by atoms with E-state index in [0.29, 0.717) is 13.0 Å². The van der Waals surface area contributed by atoms with Crippen LogP contribution in [0.15, 0.2) is 18.2 Å². The lowest BCUT2D eigenvalue weighted by Crippen LogP contribution is -2.13. The van der Waals surface area contributed by atoms with Crippen LogP contribution in [-0.2, 0) is 11.2 Å². The fourth-order valence-electron chi connectivity index (χ4n) is 1.99. The molecule has 0 aromatic heterocycles. The first-order valence-electron chi connectivity index (χ1n) is 5.98. The zero-order chi connectivity index (χ0) is 12.3. The molecule has 92 valence electrons. The van der Waals surface area contributed by atoms with Crippen molar-refractivity contribution in [1.82, 2.24) is 0 Å². The van der Waals surface area contributed by atoms with E-state index in [0.717, 1.165) is 29.8 Å². The van der Waals surface area contributed by atoms with Gasteiger partial charge in [0.1, 0.15) is 11.9 Å². The summed E-state index contributed by atoms with van der Waals surface area (Å²) in [5, 5.41) is 2.87. The van der Waals surface area contributed by atoms with Crippen molar-refractivity contribution in [3.63, 3.8) is 0 Å². The maximum Gasteiger partial charge on any atom is 0.224 e. The molecule has 0 fully saturated rings. The molecular formula is C13H18N2O2. The van der Waals surface area contributed by atoms with Gasteiger partial charge in [0.2, 0.25) is 5.91 Å². The van der Waals surface area contributed by atoms with E-state index in [9.17, 15) is 4.79 Å². The number of nitrogens with two attached hydrogens (primary N) is 1. The van der Waals surface area contributed by atoms with Crippen molar-refractivity contribution in [3.8, 4) is 5.75 Å². The Bertz CT molecular complexity index is 418. The van der Waals surface area contributed by atoms with Crippen LogP contribution in [0.2, 0.25) is 0 Å². The number of nitrogens with one attached hydrogen (secondary N) is 1. The summed E-state index contributed by atoms with van der Waals surface area (Å²) in [6.07, 6.45) is 2.33. The molecule has 1 atom stereocenters. The lowest BCUT2D eigenvalue weighted by Gasteiger charge is -2.06. The molecule has 0 spiro atoms. The second kappa shape index (κ2) is 5.19. The number of hydrogen-bond acceptors (Lipinski definition) is 3. The van der Waals surface area contributed by atoms with Crippen molar-refractivity contribution in [2.45, 2.75) is 32.3 Å². The van der Waals surface area contributed by atoms with Gasteiger partial charge in [-0.1, -0.05) is 0 Å². The Morgan fingerprint density at radius 1 is 1.59 bits per heavy atom. The molecule has 3 N–H and O–H groups in total. The Morgan fingerprint density at radius 3 is 3.18 bits per heavy atom. The highest BCUT2D eigenvalue weighted by atomic mass is 16.5. The van der Waals surface area contributed by atoms with Crippen molar-refractivity contribution < 1.29 is 9.53 Å². The maximum absolute atomic E-state index is 11.5. The average Bonchev–Trinajstić information content (AvgIpc) is 2.65. The van der Waals surface area contributed by atoms with E-state index in [-0.39, 0.29) is 12.0 Å².